The minimum absolute atomic E-state index is 0.277. The van der Waals surface area contributed by atoms with E-state index in [0.29, 0.717) is 0 Å². The van der Waals surface area contributed by atoms with Crippen LogP contribution in [0.2, 0.25) is 0 Å². The lowest BCUT2D eigenvalue weighted by atomic mass is 10.3. The van der Waals surface area contributed by atoms with Crippen LogP contribution in [0.5, 0.6) is 0 Å². The summed E-state index contributed by atoms with van der Waals surface area (Å²) in [6, 6.07) is 4.48. The molecule has 0 aromatic carbocycles. The van der Waals surface area contributed by atoms with Crippen LogP contribution in [0, 0.1) is 6.92 Å². The minimum atomic E-state index is 0.277. The first-order valence-corrected chi connectivity index (χ1v) is 4.08. The van der Waals surface area contributed by atoms with Crippen molar-refractivity contribution < 1.29 is 0 Å². The highest BCUT2D eigenvalue weighted by Gasteiger charge is 2.03. The van der Waals surface area contributed by atoms with Gasteiger partial charge in [-0.3, -0.25) is 11.3 Å². The molecular weight excluding hydrogens is 144 g/mol. The number of rotatable bonds is 2. The highest BCUT2D eigenvalue weighted by molar-refractivity contribution is 7.12. The molecule has 56 valence electrons. The largest absolute Gasteiger partial charge is 0.271 e. The molecule has 0 spiro atoms. The summed E-state index contributed by atoms with van der Waals surface area (Å²) in [7, 11) is 0. The van der Waals surface area contributed by atoms with Gasteiger partial charge in [0.15, 0.2) is 0 Å². The number of aryl methyl sites for hydroxylation is 1. The predicted molar refractivity (Wildman–Crippen MR) is 44.8 cm³/mol. The summed E-state index contributed by atoms with van der Waals surface area (Å²) >= 11 is 1.78. The lowest BCUT2D eigenvalue weighted by Crippen LogP contribution is -2.24. The van der Waals surface area contributed by atoms with Gasteiger partial charge in [-0.15, -0.1) is 11.3 Å². The van der Waals surface area contributed by atoms with Crippen molar-refractivity contribution in [1.29, 1.82) is 0 Å². The number of hydrogen-bond donors (Lipinski definition) is 2. The molecule has 10 heavy (non-hydrogen) atoms. The molecule has 1 heterocycles. The smallest absolute Gasteiger partial charge is 0.0525 e. The number of hydrazine groups is 1. The van der Waals surface area contributed by atoms with Gasteiger partial charge in [0, 0.05) is 9.75 Å². The maximum absolute atomic E-state index is 5.27. The standard InChI is InChI=1S/C7H12N2S/c1-5-3-4-7(10-5)6(2)9-8/h3-4,6,9H,8H2,1-2H3. The van der Waals surface area contributed by atoms with Gasteiger partial charge in [0.25, 0.3) is 0 Å². The number of thiophene rings is 1. The molecule has 0 saturated heterocycles. The first-order valence-electron chi connectivity index (χ1n) is 3.26. The molecule has 1 aromatic rings. The van der Waals surface area contributed by atoms with Crippen LogP contribution in [-0.4, -0.2) is 0 Å². The Labute approximate surface area is 65.0 Å². The van der Waals surface area contributed by atoms with Crippen LogP contribution in [0.15, 0.2) is 12.1 Å². The van der Waals surface area contributed by atoms with Crippen molar-refractivity contribution in [3.05, 3.63) is 21.9 Å². The summed E-state index contributed by atoms with van der Waals surface area (Å²) in [6.45, 7) is 4.14. The lowest BCUT2D eigenvalue weighted by Gasteiger charge is -2.04. The molecule has 3 N–H and O–H groups in total. The molecule has 0 radical (unpaired) electrons. The van der Waals surface area contributed by atoms with Crippen LogP contribution in [0.3, 0.4) is 0 Å². The summed E-state index contributed by atoms with van der Waals surface area (Å²) in [6.07, 6.45) is 0. The molecule has 0 aliphatic heterocycles. The second kappa shape index (κ2) is 3.14. The fourth-order valence-corrected chi connectivity index (χ4v) is 1.66. The predicted octanol–water partition coefficient (Wildman–Crippen LogP) is 1.58. The fraction of sp³-hybridized carbons (Fsp3) is 0.429. The van der Waals surface area contributed by atoms with Crippen LogP contribution >= 0.6 is 11.3 Å². The third-order valence-corrected chi connectivity index (χ3v) is 2.62. The second-order valence-corrected chi connectivity index (χ2v) is 3.66. The Bertz CT molecular complexity index is 207. The van der Waals surface area contributed by atoms with Crippen molar-refractivity contribution in [3.63, 3.8) is 0 Å². The van der Waals surface area contributed by atoms with Gasteiger partial charge in [-0.25, -0.2) is 0 Å². The Morgan fingerprint density at radius 2 is 2.30 bits per heavy atom. The van der Waals surface area contributed by atoms with Crippen LogP contribution in [0.4, 0.5) is 0 Å². The maximum Gasteiger partial charge on any atom is 0.0525 e. The van der Waals surface area contributed by atoms with E-state index < -0.39 is 0 Å². The number of nitrogens with one attached hydrogen (secondary N) is 1. The van der Waals surface area contributed by atoms with E-state index >= 15 is 0 Å². The fourth-order valence-electron chi connectivity index (χ4n) is 0.768. The third kappa shape index (κ3) is 1.56. The quantitative estimate of drug-likeness (QED) is 0.504. The highest BCUT2D eigenvalue weighted by Crippen LogP contribution is 2.21. The van der Waals surface area contributed by atoms with Crippen LogP contribution < -0.4 is 11.3 Å². The van der Waals surface area contributed by atoms with E-state index in [4.69, 9.17) is 5.84 Å². The van der Waals surface area contributed by atoms with E-state index in [0.717, 1.165) is 0 Å². The molecule has 0 bridgehead atoms. The van der Waals surface area contributed by atoms with Gasteiger partial charge in [-0.1, -0.05) is 0 Å². The van der Waals surface area contributed by atoms with E-state index in [1.54, 1.807) is 11.3 Å². The molecule has 0 fully saturated rings. The van der Waals surface area contributed by atoms with E-state index in [-0.39, 0.29) is 6.04 Å². The van der Waals surface area contributed by atoms with E-state index in [1.165, 1.54) is 9.75 Å². The average molecular weight is 156 g/mol. The van der Waals surface area contributed by atoms with Crippen molar-refractivity contribution in [3.8, 4) is 0 Å². The van der Waals surface area contributed by atoms with Crippen molar-refractivity contribution >= 4 is 11.3 Å². The zero-order chi connectivity index (χ0) is 7.56. The van der Waals surface area contributed by atoms with Crippen LogP contribution in [0.1, 0.15) is 22.7 Å². The summed E-state index contributed by atoms with van der Waals surface area (Å²) < 4.78 is 0. The third-order valence-electron chi connectivity index (χ3n) is 1.44. The summed E-state index contributed by atoms with van der Waals surface area (Å²) in [5.41, 5.74) is 2.70. The topological polar surface area (TPSA) is 38.0 Å². The average Bonchev–Trinajstić information content (AvgIpc) is 2.34. The zero-order valence-electron chi connectivity index (χ0n) is 6.22. The van der Waals surface area contributed by atoms with E-state index in [2.05, 4.69) is 24.5 Å². The normalized spacial score (nSPS) is 13.5. The van der Waals surface area contributed by atoms with Crippen molar-refractivity contribution in [1.82, 2.24) is 5.43 Å². The molecule has 0 aliphatic carbocycles. The molecule has 1 atom stereocenters. The van der Waals surface area contributed by atoms with Gasteiger partial charge < -0.3 is 0 Å². The first-order chi connectivity index (χ1) is 4.74. The highest BCUT2D eigenvalue weighted by atomic mass is 32.1. The molecule has 1 unspecified atom stereocenters. The van der Waals surface area contributed by atoms with Gasteiger partial charge in [-0.05, 0) is 26.0 Å². The van der Waals surface area contributed by atoms with E-state index in [1.807, 2.05) is 6.92 Å². The monoisotopic (exact) mass is 156 g/mol. The molecule has 0 amide bonds. The molecule has 0 aliphatic rings. The molecule has 2 nitrogen and oxygen atoms in total. The summed E-state index contributed by atoms with van der Waals surface area (Å²) in [5.74, 6) is 5.27. The van der Waals surface area contributed by atoms with Crippen molar-refractivity contribution in [2.24, 2.45) is 5.84 Å². The van der Waals surface area contributed by atoms with E-state index in [9.17, 15) is 0 Å². The molecule has 3 heteroatoms. The van der Waals surface area contributed by atoms with Gasteiger partial charge >= 0.3 is 0 Å². The second-order valence-electron chi connectivity index (χ2n) is 2.34. The first kappa shape index (κ1) is 7.72. The number of nitrogens with two attached hydrogens (primary N) is 1. The summed E-state index contributed by atoms with van der Waals surface area (Å²) in [4.78, 5) is 2.62. The van der Waals surface area contributed by atoms with Gasteiger partial charge in [0.1, 0.15) is 0 Å². The minimum Gasteiger partial charge on any atom is -0.271 e. The summed E-state index contributed by atoms with van der Waals surface area (Å²) in [5, 5.41) is 0. The Balaban J connectivity index is 2.74. The molecule has 0 saturated carbocycles. The zero-order valence-corrected chi connectivity index (χ0v) is 7.03. The maximum atomic E-state index is 5.27. The van der Waals surface area contributed by atoms with Crippen LogP contribution in [-0.2, 0) is 0 Å². The SMILES string of the molecule is Cc1ccc(C(C)NN)s1. The molecule has 1 aromatic heterocycles. The molecule has 1 rings (SSSR count). The van der Waals surface area contributed by atoms with Crippen molar-refractivity contribution in [2.45, 2.75) is 19.9 Å². The van der Waals surface area contributed by atoms with Gasteiger partial charge in [-0.2, -0.15) is 0 Å². The van der Waals surface area contributed by atoms with Crippen LogP contribution in [0.25, 0.3) is 0 Å². The van der Waals surface area contributed by atoms with Gasteiger partial charge in [0.2, 0.25) is 0 Å². The Hall–Kier alpha value is -0.380. The lowest BCUT2D eigenvalue weighted by molar-refractivity contribution is 0.612. The Morgan fingerprint density at radius 3 is 2.70 bits per heavy atom. The Morgan fingerprint density at radius 1 is 1.60 bits per heavy atom. The number of hydrogen-bond acceptors (Lipinski definition) is 3. The molecular formula is C7H12N2S. The van der Waals surface area contributed by atoms with Crippen molar-refractivity contribution in [2.75, 3.05) is 0 Å². The van der Waals surface area contributed by atoms with Gasteiger partial charge in [0.05, 0.1) is 6.04 Å². The Kier molecular flexibility index (Phi) is 2.43.